The van der Waals surface area contributed by atoms with Gasteiger partial charge < -0.3 is 9.30 Å². The molecule has 0 aliphatic rings. The van der Waals surface area contributed by atoms with E-state index in [4.69, 9.17) is 4.74 Å². The van der Waals surface area contributed by atoms with Gasteiger partial charge in [-0.15, -0.1) is 0 Å². The fraction of sp³-hybridized carbons (Fsp3) is 0.259. The molecule has 32 heavy (non-hydrogen) atoms. The molecule has 1 unspecified atom stereocenters. The summed E-state index contributed by atoms with van der Waals surface area (Å²) in [4.78, 5) is 26.5. The zero-order chi connectivity index (χ0) is 23.4. The van der Waals surface area contributed by atoms with Crippen LogP contribution >= 0.6 is 7.14 Å². The highest BCUT2D eigenvalue weighted by molar-refractivity contribution is 7.85. The van der Waals surface area contributed by atoms with Crippen molar-refractivity contribution in [2.45, 2.75) is 33.6 Å². The summed E-state index contributed by atoms with van der Waals surface area (Å²) in [5.41, 5.74) is -0.351. The topological polar surface area (TPSA) is 60.4 Å². The van der Waals surface area contributed by atoms with E-state index in [1.807, 2.05) is 60.7 Å². The van der Waals surface area contributed by atoms with E-state index in [1.54, 1.807) is 52.0 Å². The van der Waals surface area contributed by atoms with Crippen molar-refractivity contribution in [2.75, 3.05) is 6.61 Å². The second kappa shape index (κ2) is 9.67. The lowest BCUT2D eigenvalue weighted by molar-refractivity contribution is -0.149. The minimum absolute atomic E-state index is 0.157. The molecule has 0 aliphatic carbocycles. The van der Waals surface area contributed by atoms with Crippen LogP contribution in [-0.4, -0.2) is 18.4 Å². The molecule has 0 saturated carbocycles. The van der Waals surface area contributed by atoms with Gasteiger partial charge in [0.15, 0.2) is 12.9 Å². The molecule has 4 nitrogen and oxygen atoms in total. The van der Waals surface area contributed by atoms with Gasteiger partial charge in [-0.25, -0.2) is 0 Å². The van der Waals surface area contributed by atoms with Gasteiger partial charge in [0.25, 0.3) is 0 Å². The van der Waals surface area contributed by atoms with E-state index in [9.17, 15) is 14.2 Å². The summed E-state index contributed by atoms with van der Waals surface area (Å²) in [6.07, 6.45) is 0. The second-order valence-corrected chi connectivity index (χ2v) is 11.4. The highest BCUT2D eigenvalue weighted by atomic mass is 31.2. The van der Waals surface area contributed by atoms with E-state index >= 15 is 0 Å². The van der Waals surface area contributed by atoms with Gasteiger partial charge in [0.05, 0.1) is 6.61 Å². The average molecular weight is 448 g/mol. The van der Waals surface area contributed by atoms with Crippen LogP contribution in [0.3, 0.4) is 0 Å². The van der Waals surface area contributed by atoms with Crippen molar-refractivity contribution in [1.82, 2.24) is 0 Å². The number of rotatable bonds is 7. The summed E-state index contributed by atoms with van der Waals surface area (Å²) < 4.78 is 20.2. The van der Waals surface area contributed by atoms with Crippen LogP contribution in [0.2, 0.25) is 0 Å². The van der Waals surface area contributed by atoms with Crippen LogP contribution in [-0.2, 0) is 18.9 Å². The Morgan fingerprint density at radius 3 is 1.75 bits per heavy atom. The predicted molar refractivity (Wildman–Crippen MR) is 130 cm³/mol. The van der Waals surface area contributed by atoms with Crippen LogP contribution < -0.4 is 15.9 Å². The molecule has 3 aromatic rings. The summed E-state index contributed by atoms with van der Waals surface area (Å²) >= 11 is 0. The summed E-state index contributed by atoms with van der Waals surface area (Å²) in [5.74, 6) is -2.05. The maximum Gasteiger partial charge on any atom is 0.321 e. The van der Waals surface area contributed by atoms with Crippen LogP contribution in [0.15, 0.2) is 84.9 Å². The van der Waals surface area contributed by atoms with Crippen molar-refractivity contribution < 1.29 is 18.9 Å². The Kier molecular flexibility index (Phi) is 7.16. The highest BCUT2D eigenvalue weighted by Gasteiger charge is 2.41. The van der Waals surface area contributed by atoms with Gasteiger partial charge in [-0.1, -0.05) is 106 Å². The van der Waals surface area contributed by atoms with Crippen LogP contribution in [0.1, 0.15) is 39.2 Å². The molecule has 5 heteroatoms. The van der Waals surface area contributed by atoms with Crippen molar-refractivity contribution in [1.29, 1.82) is 0 Å². The minimum atomic E-state index is -3.38. The van der Waals surface area contributed by atoms with Crippen molar-refractivity contribution in [3.8, 4) is 0 Å². The number of ether oxygens (including phenoxy) is 1. The Hall–Kier alpha value is -2.97. The van der Waals surface area contributed by atoms with Gasteiger partial charge in [-0.05, 0) is 12.5 Å². The first-order valence-electron chi connectivity index (χ1n) is 10.7. The zero-order valence-corrected chi connectivity index (χ0v) is 19.8. The molecule has 0 bridgehead atoms. The van der Waals surface area contributed by atoms with Crippen LogP contribution in [0.4, 0.5) is 0 Å². The van der Waals surface area contributed by atoms with Gasteiger partial charge in [0.2, 0.25) is 0 Å². The molecular formula is C27H29O4P. The molecule has 0 saturated heterocycles. The molecule has 0 heterocycles. The first kappa shape index (κ1) is 23.7. The number of benzene rings is 3. The number of carbonyl (C=O) groups excluding carboxylic acids is 2. The number of hydrogen-bond donors (Lipinski definition) is 0. The fourth-order valence-electron chi connectivity index (χ4n) is 3.76. The molecule has 1 atom stereocenters. The molecular weight excluding hydrogens is 419 g/mol. The van der Waals surface area contributed by atoms with Crippen LogP contribution in [0, 0.1) is 5.41 Å². The van der Waals surface area contributed by atoms with Gasteiger partial charge in [-0.3, -0.25) is 9.59 Å². The van der Waals surface area contributed by atoms with Crippen molar-refractivity contribution >= 4 is 34.8 Å². The summed E-state index contributed by atoms with van der Waals surface area (Å²) in [6, 6.07) is 25.5. The zero-order valence-electron chi connectivity index (χ0n) is 18.9. The molecule has 3 aromatic carbocycles. The van der Waals surface area contributed by atoms with Crippen molar-refractivity contribution in [3.63, 3.8) is 0 Å². The highest BCUT2D eigenvalue weighted by Crippen LogP contribution is 2.45. The van der Waals surface area contributed by atoms with Crippen molar-refractivity contribution in [2.24, 2.45) is 5.41 Å². The van der Waals surface area contributed by atoms with E-state index in [1.165, 1.54) is 0 Å². The first-order valence-corrected chi connectivity index (χ1v) is 12.4. The van der Waals surface area contributed by atoms with Gasteiger partial charge in [-0.2, -0.15) is 0 Å². The number of ketones is 1. The molecule has 0 aliphatic heterocycles. The molecule has 0 N–H and O–H groups in total. The molecule has 3 rings (SSSR count). The Balaban J connectivity index is 2.33. The van der Waals surface area contributed by atoms with E-state index in [-0.39, 0.29) is 12.4 Å². The monoisotopic (exact) mass is 448 g/mol. The van der Waals surface area contributed by atoms with E-state index in [0.29, 0.717) is 21.5 Å². The third-order valence-corrected chi connectivity index (χ3v) is 8.49. The number of esters is 1. The second-order valence-electron chi connectivity index (χ2n) is 8.64. The van der Waals surface area contributed by atoms with Crippen LogP contribution in [0.5, 0.6) is 0 Å². The Bertz CT molecular complexity index is 1090. The van der Waals surface area contributed by atoms with E-state index in [0.717, 1.165) is 0 Å². The van der Waals surface area contributed by atoms with Gasteiger partial charge in [0.1, 0.15) is 5.92 Å². The first-order chi connectivity index (χ1) is 15.2. The number of hydrogen-bond acceptors (Lipinski definition) is 4. The number of carbonyl (C=O) groups is 2. The minimum Gasteiger partial charge on any atom is -0.465 e. The summed E-state index contributed by atoms with van der Waals surface area (Å²) in [5, 5.41) is 1.77. The quantitative estimate of drug-likeness (QED) is 0.301. The van der Waals surface area contributed by atoms with E-state index < -0.39 is 24.4 Å². The molecule has 0 amide bonds. The van der Waals surface area contributed by atoms with Crippen molar-refractivity contribution in [3.05, 3.63) is 90.5 Å². The molecule has 166 valence electrons. The SMILES string of the molecule is CCOC(=O)C(C(=O)C(C)(C)C)c1ccccc1P(=O)(c1ccccc1)c1ccccc1. The fourth-order valence-corrected chi connectivity index (χ4v) is 6.66. The lowest BCUT2D eigenvalue weighted by atomic mass is 9.80. The lowest BCUT2D eigenvalue weighted by Gasteiger charge is -2.28. The third kappa shape index (κ3) is 4.61. The smallest absolute Gasteiger partial charge is 0.321 e. The molecule has 0 fully saturated rings. The van der Waals surface area contributed by atoms with Gasteiger partial charge in [0, 0.05) is 21.3 Å². The molecule has 0 spiro atoms. The Morgan fingerprint density at radius 2 is 1.28 bits per heavy atom. The lowest BCUT2D eigenvalue weighted by Crippen LogP contribution is -2.37. The normalized spacial score (nSPS) is 12.8. The maximum atomic E-state index is 14.9. The van der Waals surface area contributed by atoms with E-state index in [2.05, 4.69) is 0 Å². The predicted octanol–water partition coefficient (Wildman–Crippen LogP) is 4.59. The summed E-state index contributed by atoms with van der Waals surface area (Å²) in [6.45, 7) is 7.19. The third-order valence-electron chi connectivity index (χ3n) is 5.35. The summed E-state index contributed by atoms with van der Waals surface area (Å²) in [7, 11) is -3.38. The molecule has 0 aromatic heterocycles. The van der Waals surface area contributed by atoms with Crippen LogP contribution in [0.25, 0.3) is 0 Å². The van der Waals surface area contributed by atoms with Gasteiger partial charge >= 0.3 is 5.97 Å². The average Bonchev–Trinajstić information content (AvgIpc) is 2.80. The Morgan fingerprint density at radius 1 is 0.812 bits per heavy atom. The largest absolute Gasteiger partial charge is 0.465 e. The standard InChI is InChI=1S/C27H29O4P/c1-5-31-26(29)24(25(28)27(2,3)4)22-18-12-13-19-23(22)32(30,20-14-8-6-9-15-20)21-16-10-7-11-17-21/h6-19,24H,5H2,1-4H3. The maximum absolute atomic E-state index is 14.9. The molecule has 0 radical (unpaired) electrons. The number of Topliss-reactive ketones (excluding diaryl/α,β-unsaturated/α-hetero) is 1. The Labute approximate surface area is 190 Å².